The minimum Gasteiger partial charge on any atom is -0.358 e. The molecule has 1 aliphatic rings. The van der Waals surface area contributed by atoms with Gasteiger partial charge in [-0.1, -0.05) is 6.07 Å². The molecule has 21 heavy (non-hydrogen) atoms. The van der Waals surface area contributed by atoms with E-state index in [1.54, 1.807) is 6.07 Å². The van der Waals surface area contributed by atoms with Gasteiger partial charge >= 0.3 is 6.18 Å². The van der Waals surface area contributed by atoms with Crippen molar-refractivity contribution >= 4 is 10.9 Å². The summed E-state index contributed by atoms with van der Waals surface area (Å²) in [5.41, 5.74) is 1.72. The topological polar surface area (TPSA) is 19.0 Å². The molecule has 0 saturated carbocycles. The van der Waals surface area contributed by atoms with Gasteiger partial charge in [-0.3, -0.25) is 0 Å². The van der Waals surface area contributed by atoms with Crippen LogP contribution >= 0.6 is 0 Å². The maximum Gasteiger partial charge on any atom is 0.417 e. The van der Waals surface area contributed by atoms with E-state index in [-0.39, 0.29) is 0 Å². The number of H-pyrrole nitrogens is 1. The fourth-order valence-electron chi connectivity index (χ4n) is 3.41. The smallest absolute Gasteiger partial charge is 0.358 e. The molecular formula is C16H19F3N2. The van der Waals surface area contributed by atoms with Crippen molar-refractivity contribution < 1.29 is 13.2 Å². The molecule has 1 saturated heterocycles. The number of aromatic nitrogens is 1. The molecule has 0 radical (unpaired) electrons. The van der Waals surface area contributed by atoms with Crippen LogP contribution in [-0.4, -0.2) is 29.5 Å². The summed E-state index contributed by atoms with van der Waals surface area (Å²) in [6.45, 7) is 2.89. The highest BCUT2D eigenvalue weighted by Crippen LogP contribution is 2.38. The molecule has 114 valence electrons. The summed E-state index contributed by atoms with van der Waals surface area (Å²) in [5, 5.41) is 0.350. The second-order valence-electron chi connectivity index (χ2n) is 5.94. The average molecular weight is 296 g/mol. The first kappa shape index (κ1) is 14.4. The van der Waals surface area contributed by atoms with Crippen molar-refractivity contribution in [2.45, 2.75) is 38.4 Å². The molecule has 2 nitrogen and oxygen atoms in total. The van der Waals surface area contributed by atoms with Crippen LogP contribution in [0.3, 0.4) is 0 Å². The lowest BCUT2D eigenvalue weighted by atomic mass is 9.98. The lowest BCUT2D eigenvalue weighted by molar-refractivity contribution is -0.136. The summed E-state index contributed by atoms with van der Waals surface area (Å²) in [4.78, 5) is 5.35. The molecule has 5 heteroatoms. The number of rotatable bonds is 2. The number of aryl methyl sites for hydroxylation is 1. The highest BCUT2D eigenvalue weighted by Gasteiger charge is 2.34. The lowest BCUT2D eigenvalue weighted by Crippen LogP contribution is -2.27. The lowest BCUT2D eigenvalue weighted by Gasteiger charge is -2.20. The van der Waals surface area contributed by atoms with E-state index in [0.717, 1.165) is 30.6 Å². The number of fused-ring (bicyclic) bond motifs is 1. The second-order valence-corrected chi connectivity index (χ2v) is 5.94. The Kier molecular flexibility index (Phi) is 3.48. The van der Waals surface area contributed by atoms with Gasteiger partial charge in [0.25, 0.3) is 0 Å². The minimum atomic E-state index is -4.32. The van der Waals surface area contributed by atoms with Crippen LogP contribution in [0.4, 0.5) is 13.2 Å². The van der Waals surface area contributed by atoms with Gasteiger partial charge in [-0.25, -0.2) is 0 Å². The molecule has 0 aliphatic carbocycles. The zero-order valence-corrected chi connectivity index (χ0v) is 12.2. The van der Waals surface area contributed by atoms with Crippen molar-refractivity contribution in [3.63, 3.8) is 0 Å². The van der Waals surface area contributed by atoms with Crippen molar-refractivity contribution in [2.24, 2.45) is 0 Å². The summed E-state index contributed by atoms with van der Waals surface area (Å²) in [7, 11) is 2.05. The van der Waals surface area contributed by atoms with Crippen LogP contribution in [0.25, 0.3) is 10.9 Å². The molecule has 1 aromatic heterocycles. The van der Waals surface area contributed by atoms with Crippen LogP contribution in [0.15, 0.2) is 18.2 Å². The van der Waals surface area contributed by atoms with E-state index in [4.69, 9.17) is 0 Å². The van der Waals surface area contributed by atoms with Crippen LogP contribution in [-0.2, 0) is 12.6 Å². The third-order valence-electron chi connectivity index (χ3n) is 4.56. The molecule has 1 fully saturated rings. The summed E-state index contributed by atoms with van der Waals surface area (Å²) in [6.07, 6.45) is -1.47. The Labute approximate surface area is 121 Å². The fraction of sp³-hybridized carbons (Fsp3) is 0.500. The van der Waals surface area contributed by atoms with Gasteiger partial charge in [0.15, 0.2) is 0 Å². The maximum absolute atomic E-state index is 13.3. The fourth-order valence-corrected chi connectivity index (χ4v) is 3.41. The minimum absolute atomic E-state index is 0.337. The quantitative estimate of drug-likeness (QED) is 0.882. The second kappa shape index (κ2) is 5.05. The van der Waals surface area contributed by atoms with Crippen molar-refractivity contribution in [1.82, 2.24) is 9.88 Å². The van der Waals surface area contributed by atoms with Crippen LogP contribution < -0.4 is 0 Å². The SMILES string of the molecule is Cc1[nH]c2cccc(C(F)(F)F)c2c1C[C@H]1CCCN1C. The number of benzene rings is 1. The normalized spacial score (nSPS) is 20.5. The van der Waals surface area contributed by atoms with Crippen LogP contribution in [0.2, 0.25) is 0 Å². The van der Waals surface area contributed by atoms with Crippen molar-refractivity contribution in [3.8, 4) is 0 Å². The van der Waals surface area contributed by atoms with Gasteiger partial charge in [0.05, 0.1) is 5.56 Å². The monoisotopic (exact) mass is 296 g/mol. The van der Waals surface area contributed by atoms with Crippen LogP contribution in [0, 0.1) is 6.92 Å². The van der Waals surface area contributed by atoms with E-state index in [2.05, 4.69) is 9.88 Å². The molecule has 2 aromatic rings. The number of alkyl halides is 3. The Bertz CT molecular complexity index is 657. The zero-order valence-electron chi connectivity index (χ0n) is 12.2. The third-order valence-corrected chi connectivity index (χ3v) is 4.56. The van der Waals surface area contributed by atoms with E-state index in [1.165, 1.54) is 12.1 Å². The van der Waals surface area contributed by atoms with Gasteiger partial charge < -0.3 is 9.88 Å². The molecule has 1 N–H and O–H groups in total. The standard InChI is InChI=1S/C16H19F3N2/c1-10-12(9-11-5-4-8-21(11)2)15-13(16(17,18)19)6-3-7-14(15)20-10/h3,6-7,11,20H,4-5,8-9H2,1-2H3/t11-/m1/s1. The van der Waals surface area contributed by atoms with Crippen molar-refractivity contribution in [2.75, 3.05) is 13.6 Å². The average Bonchev–Trinajstić information content (AvgIpc) is 2.93. The largest absolute Gasteiger partial charge is 0.417 e. The first-order valence-electron chi connectivity index (χ1n) is 7.25. The first-order valence-corrected chi connectivity index (χ1v) is 7.25. The number of nitrogens with one attached hydrogen (secondary N) is 1. The van der Waals surface area contributed by atoms with Gasteiger partial charge in [-0.15, -0.1) is 0 Å². The number of aromatic amines is 1. The summed E-state index contributed by atoms with van der Waals surface area (Å²) >= 11 is 0. The zero-order chi connectivity index (χ0) is 15.2. The van der Waals surface area contributed by atoms with Gasteiger partial charge in [0.1, 0.15) is 0 Å². The summed E-state index contributed by atoms with van der Waals surface area (Å²) < 4.78 is 39.8. The summed E-state index contributed by atoms with van der Waals surface area (Å²) in [5.74, 6) is 0. The van der Waals surface area contributed by atoms with Gasteiger partial charge in [0.2, 0.25) is 0 Å². The molecular weight excluding hydrogens is 277 g/mol. The van der Waals surface area contributed by atoms with Gasteiger partial charge in [-0.05, 0) is 57.5 Å². The van der Waals surface area contributed by atoms with Crippen LogP contribution in [0.5, 0.6) is 0 Å². The summed E-state index contributed by atoms with van der Waals surface area (Å²) in [6, 6.07) is 4.70. The number of likely N-dealkylation sites (N-methyl/N-ethyl adjacent to an activating group) is 1. The number of hydrogen-bond acceptors (Lipinski definition) is 1. The highest BCUT2D eigenvalue weighted by molar-refractivity contribution is 5.88. The predicted octanol–water partition coefficient (Wildman–Crippen LogP) is 4.13. The molecule has 1 aromatic carbocycles. The van der Waals surface area contributed by atoms with Crippen LogP contribution in [0.1, 0.15) is 29.7 Å². The van der Waals surface area contributed by atoms with Gasteiger partial charge in [0, 0.05) is 22.6 Å². The molecule has 0 bridgehead atoms. The Morgan fingerprint density at radius 3 is 2.71 bits per heavy atom. The number of likely N-dealkylation sites (tertiary alicyclic amines) is 1. The molecule has 1 atom stereocenters. The Hall–Kier alpha value is -1.49. The van der Waals surface area contributed by atoms with E-state index < -0.39 is 11.7 Å². The Balaban J connectivity index is 2.11. The van der Waals surface area contributed by atoms with E-state index >= 15 is 0 Å². The highest BCUT2D eigenvalue weighted by atomic mass is 19.4. The number of hydrogen-bond donors (Lipinski definition) is 1. The van der Waals surface area contributed by atoms with E-state index in [1.807, 2.05) is 14.0 Å². The molecule has 1 aliphatic heterocycles. The molecule has 2 heterocycles. The van der Waals surface area contributed by atoms with E-state index in [9.17, 15) is 13.2 Å². The van der Waals surface area contributed by atoms with Gasteiger partial charge in [-0.2, -0.15) is 13.2 Å². The van der Waals surface area contributed by atoms with E-state index in [0.29, 0.717) is 23.4 Å². The molecule has 3 rings (SSSR count). The molecule has 0 unspecified atom stereocenters. The molecule has 0 amide bonds. The van der Waals surface area contributed by atoms with Crippen molar-refractivity contribution in [3.05, 3.63) is 35.0 Å². The van der Waals surface area contributed by atoms with Crippen molar-refractivity contribution in [1.29, 1.82) is 0 Å². The number of halogens is 3. The third kappa shape index (κ3) is 2.55. The Morgan fingerprint density at radius 2 is 2.10 bits per heavy atom. The maximum atomic E-state index is 13.3. The predicted molar refractivity (Wildman–Crippen MR) is 77.4 cm³/mol. The Morgan fingerprint density at radius 1 is 1.33 bits per heavy atom. The number of nitrogens with zero attached hydrogens (tertiary/aromatic N) is 1. The first-order chi connectivity index (χ1) is 9.88. The molecule has 0 spiro atoms.